The molecular formula is C21H24FN5O4S. The lowest BCUT2D eigenvalue weighted by Gasteiger charge is -2.36. The maximum atomic E-state index is 13.1. The Balaban J connectivity index is 1.33. The third-order valence-corrected chi connectivity index (χ3v) is 6.91. The second kappa shape index (κ2) is 9.82. The van der Waals surface area contributed by atoms with Crippen LogP contribution in [0.25, 0.3) is 11.3 Å². The second-order valence-corrected chi connectivity index (χ2v) is 9.35. The van der Waals surface area contributed by atoms with Crippen LogP contribution in [0.3, 0.4) is 0 Å². The van der Waals surface area contributed by atoms with Crippen molar-refractivity contribution < 1.29 is 22.7 Å². The quantitative estimate of drug-likeness (QED) is 0.525. The van der Waals surface area contributed by atoms with Crippen molar-refractivity contribution in [1.82, 2.24) is 24.7 Å². The molecule has 3 atom stereocenters. The van der Waals surface area contributed by atoms with E-state index in [4.69, 9.17) is 4.74 Å². The lowest BCUT2D eigenvalue weighted by molar-refractivity contribution is -0.0891. The highest BCUT2D eigenvalue weighted by Gasteiger charge is 2.34. The van der Waals surface area contributed by atoms with Gasteiger partial charge in [-0.15, -0.1) is 5.10 Å². The Labute approximate surface area is 185 Å². The summed E-state index contributed by atoms with van der Waals surface area (Å²) in [5, 5.41) is 18.0. The van der Waals surface area contributed by atoms with Gasteiger partial charge in [-0.1, -0.05) is 5.21 Å². The van der Waals surface area contributed by atoms with E-state index in [0.29, 0.717) is 25.8 Å². The van der Waals surface area contributed by atoms with Crippen molar-refractivity contribution in [3.8, 4) is 11.3 Å². The summed E-state index contributed by atoms with van der Waals surface area (Å²) >= 11 is 0. The average molecular weight is 462 g/mol. The molecule has 2 aromatic heterocycles. The van der Waals surface area contributed by atoms with Crippen molar-refractivity contribution in [1.29, 1.82) is 0 Å². The third-order valence-electron chi connectivity index (χ3n) is 5.40. The molecule has 32 heavy (non-hydrogen) atoms. The molecule has 1 aliphatic heterocycles. The van der Waals surface area contributed by atoms with Crippen molar-refractivity contribution >= 4 is 10.0 Å². The van der Waals surface area contributed by atoms with Gasteiger partial charge in [-0.25, -0.2) is 17.5 Å². The van der Waals surface area contributed by atoms with Gasteiger partial charge in [0.05, 0.1) is 35.9 Å². The number of hydrogen-bond donors (Lipinski definition) is 2. The number of ether oxygens (including phenoxy) is 1. The van der Waals surface area contributed by atoms with Crippen LogP contribution in [0.5, 0.6) is 0 Å². The van der Waals surface area contributed by atoms with E-state index in [9.17, 15) is 17.9 Å². The van der Waals surface area contributed by atoms with Gasteiger partial charge in [0, 0.05) is 24.5 Å². The average Bonchev–Trinajstić information content (AvgIpc) is 3.28. The molecule has 0 aliphatic carbocycles. The molecule has 3 heterocycles. The largest absolute Gasteiger partial charge is 0.394 e. The molecule has 0 bridgehead atoms. The minimum absolute atomic E-state index is 0.0340. The highest BCUT2D eigenvalue weighted by Crippen LogP contribution is 2.24. The van der Waals surface area contributed by atoms with Crippen molar-refractivity contribution in [2.75, 3.05) is 6.61 Å². The number of nitrogens with zero attached hydrogens (tertiary/aromatic N) is 4. The number of sulfonamides is 1. The van der Waals surface area contributed by atoms with Crippen molar-refractivity contribution in [2.24, 2.45) is 0 Å². The summed E-state index contributed by atoms with van der Waals surface area (Å²) in [4.78, 5) is 4.04. The Kier molecular flexibility index (Phi) is 6.89. The highest BCUT2D eigenvalue weighted by atomic mass is 32.2. The smallest absolute Gasteiger partial charge is 0.240 e. The van der Waals surface area contributed by atoms with Crippen LogP contribution in [-0.4, -0.2) is 58.4 Å². The van der Waals surface area contributed by atoms with E-state index in [1.165, 1.54) is 12.1 Å². The maximum Gasteiger partial charge on any atom is 0.240 e. The molecule has 0 radical (unpaired) electrons. The van der Waals surface area contributed by atoms with Gasteiger partial charge in [-0.05, 0) is 55.7 Å². The molecule has 0 saturated carbocycles. The minimum Gasteiger partial charge on any atom is -0.394 e. The summed E-state index contributed by atoms with van der Waals surface area (Å²) in [7, 11) is -3.85. The zero-order valence-corrected chi connectivity index (χ0v) is 18.0. The van der Waals surface area contributed by atoms with Crippen molar-refractivity contribution in [2.45, 2.75) is 49.0 Å². The van der Waals surface area contributed by atoms with Crippen LogP contribution in [0.15, 0.2) is 59.9 Å². The van der Waals surface area contributed by atoms with Gasteiger partial charge in [0.15, 0.2) is 0 Å². The first kappa shape index (κ1) is 22.5. The molecule has 170 valence electrons. The van der Waals surface area contributed by atoms with E-state index < -0.39 is 28.0 Å². The number of halogens is 1. The molecule has 0 unspecified atom stereocenters. The molecule has 11 heteroatoms. The standard InChI is InChI=1S/C21H24FN5O4S/c22-16-3-6-18(7-4-16)32(29,30)25-19-8-5-17(31-21(19)14-28)9-11-27-13-20(24-26-27)15-2-1-10-23-12-15/h1-4,6-7,10,12-13,17,19,21,25,28H,5,8-9,11,14H2/t17-,19-,21-/m0/s1. The van der Waals surface area contributed by atoms with E-state index in [1.54, 1.807) is 17.1 Å². The number of aliphatic hydroxyl groups is 1. The maximum absolute atomic E-state index is 13.1. The molecule has 3 aromatic rings. The monoisotopic (exact) mass is 461 g/mol. The molecule has 2 N–H and O–H groups in total. The molecule has 0 amide bonds. The summed E-state index contributed by atoms with van der Waals surface area (Å²) in [6, 6.07) is 7.76. The Morgan fingerprint density at radius 3 is 2.75 bits per heavy atom. The topological polar surface area (TPSA) is 119 Å². The van der Waals surface area contributed by atoms with Crippen molar-refractivity contribution in [3.63, 3.8) is 0 Å². The van der Waals surface area contributed by atoms with Gasteiger partial charge in [0.2, 0.25) is 10.0 Å². The van der Waals surface area contributed by atoms with Gasteiger partial charge in [0.1, 0.15) is 11.5 Å². The number of aromatic nitrogens is 4. The molecule has 1 saturated heterocycles. The number of benzene rings is 1. The molecule has 9 nitrogen and oxygen atoms in total. The van der Waals surface area contributed by atoms with E-state index in [0.717, 1.165) is 23.4 Å². The molecule has 0 spiro atoms. The van der Waals surface area contributed by atoms with E-state index in [-0.39, 0.29) is 17.6 Å². The van der Waals surface area contributed by atoms with Crippen LogP contribution in [0.1, 0.15) is 19.3 Å². The number of aryl methyl sites for hydroxylation is 1. The predicted octanol–water partition coefficient (Wildman–Crippen LogP) is 1.76. The summed E-state index contributed by atoms with van der Waals surface area (Å²) in [5.41, 5.74) is 1.61. The van der Waals surface area contributed by atoms with E-state index in [1.807, 2.05) is 18.3 Å². The lowest BCUT2D eigenvalue weighted by atomic mass is 9.98. The first-order valence-electron chi connectivity index (χ1n) is 10.3. The lowest BCUT2D eigenvalue weighted by Crippen LogP contribution is -2.50. The van der Waals surface area contributed by atoms with Gasteiger partial charge in [-0.3, -0.25) is 9.67 Å². The Morgan fingerprint density at radius 1 is 1.22 bits per heavy atom. The number of rotatable bonds is 8. The van der Waals surface area contributed by atoms with Gasteiger partial charge in [0.25, 0.3) is 0 Å². The minimum atomic E-state index is -3.85. The van der Waals surface area contributed by atoms with Gasteiger partial charge < -0.3 is 9.84 Å². The Bertz CT molecular complexity index is 1120. The predicted molar refractivity (Wildman–Crippen MR) is 113 cm³/mol. The zero-order valence-electron chi connectivity index (χ0n) is 17.2. The van der Waals surface area contributed by atoms with Crippen LogP contribution in [-0.2, 0) is 21.3 Å². The van der Waals surface area contributed by atoms with Crippen LogP contribution in [0.2, 0.25) is 0 Å². The van der Waals surface area contributed by atoms with Gasteiger partial charge in [-0.2, -0.15) is 0 Å². The first-order chi connectivity index (χ1) is 15.4. The molecular weight excluding hydrogens is 437 g/mol. The van der Waals surface area contributed by atoms with Crippen LogP contribution in [0, 0.1) is 5.82 Å². The third kappa shape index (κ3) is 5.36. The molecule has 1 aromatic carbocycles. The fourth-order valence-corrected chi connectivity index (χ4v) is 4.99. The number of hydrogen-bond acceptors (Lipinski definition) is 7. The summed E-state index contributed by atoms with van der Waals surface area (Å²) in [6.07, 6.45) is 6.20. The molecule has 1 fully saturated rings. The number of aliphatic hydroxyl groups excluding tert-OH is 1. The summed E-state index contributed by atoms with van der Waals surface area (Å²) < 4.78 is 48.5. The van der Waals surface area contributed by atoms with Crippen molar-refractivity contribution in [3.05, 3.63) is 60.8 Å². The molecule has 1 aliphatic rings. The first-order valence-corrected chi connectivity index (χ1v) is 11.8. The molecule has 4 rings (SSSR count). The van der Waals surface area contributed by atoms with Crippen LogP contribution >= 0.6 is 0 Å². The highest BCUT2D eigenvalue weighted by molar-refractivity contribution is 7.89. The normalized spacial score (nSPS) is 21.5. The van der Waals surface area contributed by atoms with Gasteiger partial charge >= 0.3 is 0 Å². The fraction of sp³-hybridized carbons (Fsp3) is 0.381. The fourth-order valence-electron chi connectivity index (χ4n) is 3.69. The van der Waals surface area contributed by atoms with Crippen LogP contribution in [0.4, 0.5) is 4.39 Å². The summed E-state index contributed by atoms with van der Waals surface area (Å²) in [5.74, 6) is -0.513. The Morgan fingerprint density at radius 2 is 2.03 bits per heavy atom. The van der Waals surface area contributed by atoms with E-state index >= 15 is 0 Å². The van der Waals surface area contributed by atoms with E-state index in [2.05, 4.69) is 20.0 Å². The number of nitrogens with one attached hydrogen (secondary N) is 1. The second-order valence-electron chi connectivity index (χ2n) is 7.64. The van der Waals surface area contributed by atoms with Crippen LogP contribution < -0.4 is 4.72 Å². The Hall–Kier alpha value is -2.73. The zero-order chi connectivity index (χ0) is 22.6. The summed E-state index contributed by atoms with van der Waals surface area (Å²) in [6.45, 7) is 0.254. The number of pyridine rings is 1. The SMILES string of the molecule is O=S(=O)(N[C@H]1CC[C@@H](CCn2cc(-c3cccnc3)nn2)O[C@H]1CO)c1ccc(F)cc1.